The van der Waals surface area contributed by atoms with Crippen LogP contribution < -0.4 is 16.6 Å². The van der Waals surface area contributed by atoms with Crippen molar-refractivity contribution in [2.24, 2.45) is 14.1 Å². The van der Waals surface area contributed by atoms with Gasteiger partial charge >= 0.3 is 5.69 Å². The van der Waals surface area contributed by atoms with Gasteiger partial charge in [-0.1, -0.05) is 0 Å². The zero-order valence-electron chi connectivity index (χ0n) is 11.5. The average Bonchev–Trinajstić information content (AvgIpc) is 2.86. The number of ether oxygens (including phenoxy) is 1. The van der Waals surface area contributed by atoms with E-state index in [1.807, 2.05) is 0 Å². The van der Waals surface area contributed by atoms with Crippen molar-refractivity contribution in [3.05, 3.63) is 20.8 Å². The molecule has 0 aliphatic carbocycles. The molecule has 0 fully saturated rings. The van der Waals surface area contributed by atoms with Crippen molar-refractivity contribution < 1.29 is 13.5 Å². The molecule has 0 unspecified atom stereocenters. The Morgan fingerprint density at radius 1 is 1.33 bits per heavy atom. The summed E-state index contributed by atoms with van der Waals surface area (Å²) in [7, 11) is 2.87. The second-order valence-electron chi connectivity index (χ2n) is 4.38. The van der Waals surface area contributed by atoms with Crippen molar-refractivity contribution in [1.29, 1.82) is 0 Å². The number of aromatic nitrogens is 4. The Morgan fingerprint density at radius 3 is 2.71 bits per heavy atom. The van der Waals surface area contributed by atoms with E-state index in [2.05, 4.69) is 15.3 Å². The molecule has 21 heavy (non-hydrogen) atoms. The van der Waals surface area contributed by atoms with Crippen molar-refractivity contribution in [2.75, 3.05) is 25.1 Å². The summed E-state index contributed by atoms with van der Waals surface area (Å²) < 4.78 is 30.6. The molecule has 0 saturated carbocycles. The van der Waals surface area contributed by atoms with Gasteiger partial charge < -0.3 is 15.0 Å². The first-order valence-electron chi connectivity index (χ1n) is 6.17. The second-order valence-corrected chi connectivity index (χ2v) is 4.38. The van der Waals surface area contributed by atoms with E-state index in [9.17, 15) is 18.4 Å². The highest BCUT2D eigenvalue weighted by Crippen LogP contribution is 2.07. The van der Waals surface area contributed by atoms with Crippen LogP contribution in [0.5, 0.6) is 0 Å². The summed E-state index contributed by atoms with van der Waals surface area (Å²) in [4.78, 5) is 30.5. The zero-order chi connectivity index (χ0) is 15.6. The Bertz CT molecular complexity index is 749. The molecule has 116 valence electrons. The molecule has 0 amide bonds. The number of fused-ring (bicyclic) bond motifs is 1. The number of hydrogen-bond donors (Lipinski definition) is 2. The Morgan fingerprint density at radius 2 is 2.05 bits per heavy atom. The molecule has 0 saturated heterocycles. The summed E-state index contributed by atoms with van der Waals surface area (Å²) in [6.07, 6.45) is -2.51. The van der Waals surface area contributed by atoms with E-state index in [1.54, 1.807) is 0 Å². The lowest BCUT2D eigenvalue weighted by Gasteiger charge is -2.03. The van der Waals surface area contributed by atoms with Crippen molar-refractivity contribution >= 4 is 17.1 Å². The van der Waals surface area contributed by atoms with Crippen LogP contribution >= 0.6 is 0 Å². The molecule has 2 N–H and O–H groups in total. The van der Waals surface area contributed by atoms with E-state index in [0.717, 1.165) is 4.57 Å². The lowest BCUT2D eigenvalue weighted by molar-refractivity contribution is 0.0214. The Kier molecular flexibility index (Phi) is 4.36. The minimum Gasteiger partial charge on any atom is -0.374 e. The monoisotopic (exact) mass is 303 g/mol. The van der Waals surface area contributed by atoms with E-state index in [1.165, 1.54) is 18.7 Å². The number of anilines is 1. The van der Waals surface area contributed by atoms with E-state index >= 15 is 0 Å². The molecule has 0 spiro atoms. The fourth-order valence-corrected chi connectivity index (χ4v) is 1.82. The predicted octanol–water partition coefficient (Wildman–Crippen LogP) is -0.346. The van der Waals surface area contributed by atoms with Crippen LogP contribution in [-0.2, 0) is 18.8 Å². The standard InChI is InChI=1S/C11H15F2N5O3/c1-17-8-7(9(19)18(2)11(17)20)15-10(16-8)14-3-4-21-5-6(12)13/h6H,3-5H2,1-2H3,(H2,14,15,16). The number of halogens is 2. The van der Waals surface area contributed by atoms with Crippen LogP contribution in [0.4, 0.5) is 14.7 Å². The van der Waals surface area contributed by atoms with Gasteiger partial charge in [0.1, 0.15) is 6.61 Å². The van der Waals surface area contributed by atoms with Crippen LogP contribution in [0.25, 0.3) is 11.2 Å². The number of hydrogen-bond acceptors (Lipinski definition) is 5. The number of imidazole rings is 1. The highest BCUT2D eigenvalue weighted by atomic mass is 19.3. The third-order valence-corrected chi connectivity index (χ3v) is 2.88. The van der Waals surface area contributed by atoms with E-state index in [0.29, 0.717) is 0 Å². The van der Waals surface area contributed by atoms with E-state index in [4.69, 9.17) is 4.74 Å². The molecule has 0 aliphatic heterocycles. The number of H-pyrrole nitrogens is 1. The van der Waals surface area contributed by atoms with Gasteiger partial charge in [0.2, 0.25) is 5.95 Å². The van der Waals surface area contributed by atoms with Gasteiger partial charge in [0, 0.05) is 20.6 Å². The van der Waals surface area contributed by atoms with Crippen molar-refractivity contribution in [3.63, 3.8) is 0 Å². The van der Waals surface area contributed by atoms with Crippen LogP contribution in [0.3, 0.4) is 0 Å². The molecule has 2 rings (SSSR count). The molecule has 0 aliphatic rings. The zero-order valence-corrected chi connectivity index (χ0v) is 11.5. The summed E-state index contributed by atoms with van der Waals surface area (Å²) in [5.74, 6) is 0.268. The van der Waals surface area contributed by atoms with Gasteiger partial charge in [-0.2, -0.15) is 4.98 Å². The predicted molar refractivity (Wildman–Crippen MR) is 71.9 cm³/mol. The molecule has 0 radical (unpaired) electrons. The molecule has 8 nitrogen and oxygen atoms in total. The van der Waals surface area contributed by atoms with E-state index < -0.39 is 24.3 Å². The summed E-state index contributed by atoms with van der Waals surface area (Å²) in [6, 6.07) is 0. The first-order valence-corrected chi connectivity index (χ1v) is 6.17. The lowest BCUT2D eigenvalue weighted by atomic mass is 10.5. The average molecular weight is 303 g/mol. The Hall–Kier alpha value is -2.23. The molecule has 0 aromatic carbocycles. The van der Waals surface area contributed by atoms with Gasteiger partial charge in [0.15, 0.2) is 11.2 Å². The second kappa shape index (κ2) is 6.04. The van der Waals surface area contributed by atoms with Crippen LogP contribution in [0.2, 0.25) is 0 Å². The smallest absolute Gasteiger partial charge is 0.332 e. The maximum absolute atomic E-state index is 11.9. The third kappa shape index (κ3) is 3.10. The van der Waals surface area contributed by atoms with Crippen LogP contribution in [0.1, 0.15) is 0 Å². The minimum absolute atomic E-state index is 0.0678. The number of nitrogens with one attached hydrogen (secondary N) is 2. The summed E-state index contributed by atoms with van der Waals surface area (Å²) >= 11 is 0. The largest absolute Gasteiger partial charge is 0.374 e. The normalized spacial score (nSPS) is 11.5. The van der Waals surface area contributed by atoms with Gasteiger partial charge in [-0.15, -0.1) is 0 Å². The van der Waals surface area contributed by atoms with Crippen LogP contribution in [0, 0.1) is 0 Å². The van der Waals surface area contributed by atoms with Gasteiger partial charge in [0.05, 0.1) is 6.61 Å². The lowest BCUT2D eigenvalue weighted by Crippen LogP contribution is -2.36. The van der Waals surface area contributed by atoms with Crippen LogP contribution in [-0.4, -0.2) is 45.3 Å². The molecule has 2 aromatic rings. The number of nitrogens with zero attached hydrogens (tertiary/aromatic N) is 3. The molecule has 0 atom stereocenters. The maximum atomic E-state index is 11.9. The SMILES string of the molecule is Cn1c(=O)c2[nH]c(NCCOCC(F)F)nc2n(C)c1=O. The fourth-order valence-electron chi connectivity index (χ4n) is 1.82. The number of rotatable bonds is 6. The number of aromatic amines is 1. The van der Waals surface area contributed by atoms with Gasteiger partial charge in [0.25, 0.3) is 12.0 Å². The molecule has 2 heterocycles. The minimum atomic E-state index is -2.51. The van der Waals surface area contributed by atoms with Crippen molar-refractivity contribution in [1.82, 2.24) is 19.1 Å². The first-order chi connectivity index (χ1) is 9.91. The summed E-state index contributed by atoms with van der Waals surface area (Å²) in [6.45, 7) is -0.323. The maximum Gasteiger partial charge on any atom is 0.332 e. The summed E-state index contributed by atoms with van der Waals surface area (Å²) in [5, 5.41) is 2.80. The van der Waals surface area contributed by atoms with Crippen molar-refractivity contribution in [3.8, 4) is 0 Å². The molecule has 0 bridgehead atoms. The van der Waals surface area contributed by atoms with Gasteiger partial charge in [-0.25, -0.2) is 13.6 Å². The van der Waals surface area contributed by atoms with Crippen molar-refractivity contribution in [2.45, 2.75) is 6.43 Å². The van der Waals surface area contributed by atoms with Gasteiger partial charge in [-0.3, -0.25) is 13.9 Å². The fraction of sp³-hybridized carbons (Fsp3) is 0.545. The quantitative estimate of drug-likeness (QED) is 0.712. The highest BCUT2D eigenvalue weighted by Gasteiger charge is 2.13. The molecular weight excluding hydrogens is 288 g/mol. The Labute approximate surface area is 117 Å². The first kappa shape index (κ1) is 15.2. The van der Waals surface area contributed by atoms with Crippen LogP contribution in [0.15, 0.2) is 9.59 Å². The molecule has 10 heteroatoms. The highest BCUT2D eigenvalue weighted by molar-refractivity contribution is 5.72. The van der Waals surface area contributed by atoms with E-state index in [-0.39, 0.29) is 30.3 Å². The Balaban J connectivity index is 2.13. The van der Waals surface area contributed by atoms with Gasteiger partial charge in [-0.05, 0) is 0 Å². The third-order valence-electron chi connectivity index (χ3n) is 2.88. The topological polar surface area (TPSA) is 93.9 Å². The number of aryl methyl sites for hydroxylation is 1. The molecular formula is C11H15F2N5O3. The summed E-state index contributed by atoms with van der Waals surface area (Å²) in [5.41, 5.74) is -0.553. The number of alkyl halides is 2. The molecule has 2 aromatic heterocycles.